The molecule has 0 aliphatic heterocycles. The molecule has 2 rings (SSSR count). The Balaban J connectivity index is 2.08. The number of aliphatic hydroxyl groups excluding tert-OH is 1. The Hall–Kier alpha value is -1.65. The molecular weight excluding hydrogens is 228 g/mol. The SMILES string of the molecule is CC(O)CCNCc1cc2ccccc2[nH]c1=O. The lowest BCUT2D eigenvalue weighted by molar-refractivity contribution is 0.183. The van der Waals surface area contributed by atoms with Crippen LogP contribution in [0, 0.1) is 0 Å². The van der Waals surface area contributed by atoms with Crippen molar-refractivity contribution in [3.63, 3.8) is 0 Å². The molecule has 96 valence electrons. The highest BCUT2D eigenvalue weighted by atomic mass is 16.3. The Morgan fingerprint density at radius 2 is 2.17 bits per heavy atom. The Kier molecular flexibility index (Phi) is 4.12. The normalized spacial score (nSPS) is 12.8. The van der Waals surface area contributed by atoms with E-state index >= 15 is 0 Å². The second kappa shape index (κ2) is 5.80. The van der Waals surface area contributed by atoms with Gasteiger partial charge in [0.2, 0.25) is 0 Å². The summed E-state index contributed by atoms with van der Waals surface area (Å²) in [5, 5.41) is 13.3. The maximum Gasteiger partial charge on any atom is 0.252 e. The van der Waals surface area contributed by atoms with Crippen molar-refractivity contribution in [2.45, 2.75) is 26.0 Å². The number of fused-ring (bicyclic) bond motifs is 1. The number of pyridine rings is 1. The highest BCUT2D eigenvalue weighted by Crippen LogP contribution is 2.09. The predicted octanol–water partition coefficient (Wildman–Crippen LogP) is 1.39. The van der Waals surface area contributed by atoms with Gasteiger partial charge in [-0.3, -0.25) is 4.79 Å². The third-order valence-corrected chi connectivity index (χ3v) is 2.88. The van der Waals surface area contributed by atoms with Crippen LogP contribution < -0.4 is 10.9 Å². The third kappa shape index (κ3) is 3.18. The Bertz CT molecular complexity index is 575. The minimum Gasteiger partial charge on any atom is -0.393 e. The fraction of sp³-hybridized carbons (Fsp3) is 0.357. The van der Waals surface area contributed by atoms with E-state index in [1.807, 2.05) is 30.3 Å². The summed E-state index contributed by atoms with van der Waals surface area (Å²) in [6.45, 7) is 2.97. The summed E-state index contributed by atoms with van der Waals surface area (Å²) in [4.78, 5) is 14.7. The van der Waals surface area contributed by atoms with Crippen LogP contribution in [0.15, 0.2) is 35.1 Å². The highest BCUT2D eigenvalue weighted by molar-refractivity contribution is 5.78. The molecule has 0 saturated carbocycles. The van der Waals surface area contributed by atoms with Crippen LogP contribution in [0.5, 0.6) is 0 Å². The van der Waals surface area contributed by atoms with Crippen LogP contribution >= 0.6 is 0 Å². The Morgan fingerprint density at radius 1 is 1.39 bits per heavy atom. The van der Waals surface area contributed by atoms with Crippen molar-refractivity contribution in [2.75, 3.05) is 6.54 Å². The number of aromatic nitrogens is 1. The Labute approximate surface area is 106 Å². The van der Waals surface area contributed by atoms with E-state index in [0.717, 1.165) is 16.5 Å². The molecule has 1 aromatic heterocycles. The standard InChI is InChI=1S/C14H18N2O2/c1-10(17)6-7-15-9-12-8-11-4-2-3-5-13(11)16-14(12)18/h2-5,8,10,15,17H,6-7,9H2,1H3,(H,16,18). The molecule has 1 aromatic carbocycles. The zero-order chi connectivity index (χ0) is 13.0. The van der Waals surface area contributed by atoms with E-state index in [1.54, 1.807) is 6.92 Å². The summed E-state index contributed by atoms with van der Waals surface area (Å²) in [5.41, 5.74) is 1.52. The van der Waals surface area contributed by atoms with Crippen LogP contribution in [0.4, 0.5) is 0 Å². The first-order valence-corrected chi connectivity index (χ1v) is 6.16. The number of hydrogen-bond acceptors (Lipinski definition) is 3. The van der Waals surface area contributed by atoms with E-state index < -0.39 is 0 Å². The molecule has 0 aliphatic rings. The van der Waals surface area contributed by atoms with Gasteiger partial charge in [0.25, 0.3) is 5.56 Å². The van der Waals surface area contributed by atoms with Crippen molar-refractivity contribution in [3.8, 4) is 0 Å². The van der Waals surface area contributed by atoms with Crippen molar-refractivity contribution in [2.24, 2.45) is 0 Å². The second-order valence-corrected chi connectivity index (χ2v) is 4.53. The van der Waals surface area contributed by atoms with Crippen LogP contribution in [-0.4, -0.2) is 22.7 Å². The highest BCUT2D eigenvalue weighted by Gasteiger charge is 2.02. The molecule has 4 heteroatoms. The number of rotatable bonds is 5. The number of para-hydroxylation sites is 1. The van der Waals surface area contributed by atoms with Gasteiger partial charge in [-0.1, -0.05) is 18.2 Å². The lowest BCUT2D eigenvalue weighted by Gasteiger charge is -2.07. The zero-order valence-corrected chi connectivity index (χ0v) is 10.4. The lowest BCUT2D eigenvalue weighted by Crippen LogP contribution is -2.23. The van der Waals surface area contributed by atoms with E-state index in [1.165, 1.54) is 0 Å². The van der Waals surface area contributed by atoms with E-state index in [4.69, 9.17) is 5.11 Å². The zero-order valence-electron chi connectivity index (χ0n) is 10.4. The number of hydrogen-bond donors (Lipinski definition) is 3. The molecule has 0 bridgehead atoms. The van der Waals surface area contributed by atoms with E-state index in [2.05, 4.69) is 10.3 Å². The molecule has 1 atom stereocenters. The fourth-order valence-corrected chi connectivity index (χ4v) is 1.86. The van der Waals surface area contributed by atoms with Gasteiger partial charge in [-0.05, 0) is 37.4 Å². The molecule has 0 spiro atoms. The van der Waals surface area contributed by atoms with Crippen molar-refractivity contribution >= 4 is 10.9 Å². The summed E-state index contributed by atoms with van der Waals surface area (Å²) in [6.07, 6.45) is 0.373. The summed E-state index contributed by atoms with van der Waals surface area (Å²) in [7, 11) is 0. The summed E-state index contributed by atoms with van der Waals surface area (Å²) in [5.74, 6) is 0. The molecule has 0 aliphatic carbocycles. The first kappa shape index (κ1) is 12.8. The average molecular weight is 246 g/mol. The van der Waals surface area contributed by atoms with Gasteiger partial charge < -0.3 is 15.4 Å². The van der Waals surface area contributed by atoms with Crippen LogP contribution in [0.1, 0.15) is 18.9 Å². The minimum atomic E-state index is -0.313. The average Bonchev–Trinajstić information content (AvgIpc) is 2.34. The molecule has 3 N–H and O–H groups in total. The van der Waals surface area contributed by atoms with E-state index in [-0.39, 0.29) is 11.7 Å². The lowest BCUT2D eigenvalue weighted by atomic mass is 10.1. The number of aliphatic hydroxyl groups is 1. The molecule has 1 unspecified atom stereocenters. The van der Waals surface area contributed by atoms with Gasteiger partial charge in [0.05, 0.1) is 6.10 Å². The number of H-pyrrole nitrogens is 1. The number of aromatic amines is 1. The second-order valence-electron chi connectivity index (χ2n) is 4.53. The van der Waals surface area contributed by atoms with Gasteiger partial charge >= 0.3 is 0 Å². The van der Waals surface area contributed by atoms with Crippen molar-refractivity contribution in [3.05, 3.63) is 46.2 Å². The molecule has 1 heterocycles. The van der Waals surface area contributed by atoms with Gasteiger partial charge in [0.15, 0.2) is 0 Å². The number of benzene rings is 1. The maximum atomic E-state index is 11.8. The van der Waals surface area contributed by atoms with Crippen LogP contribution in [0.3, 0.4) is 0 Å². The molecule has 0 radical (unpaired) electrons. The predicted molar refractivity (Wildman–Crippen MR) is 72.6 cm³/mol. The smallest absolute Gasteiger partial charge is 0.252 e. The third-order valence-electron chi connectivity index (χ3n) is 2.88. The van der Waals surface area contributed by atoms with Crippen LogP contribution in [0.25, 0.3) is 10.9 Å². The maximum absolute atomic E-state index is 11.8. The van der Waals surface area contributed by atoms with Crippen LogP contribution in [0.2, 0.25) is 0 Å². The van der Waals surface area contributed by atoms with E-state index in [0.29, 0.717) is 19.5 Å². The summed E-state index contributed by atoms with van der Waals surface area (Å²) in [6, 6.07) is 9.62. The number of nitrogens with one attached hydrogen (secondary N) is 2. The largest absolute Gasteiger partial charge is 0.393 e. The van der Waals surface area contributed by atoms with Gasteiger partial charge in [0, 0.05) is 17.6 Å². The first-order valence-electron chi connectivity index (χ1n) is 6.16. The van der Waals surface area contributed by atoms with Gasteiger partial charge in [0.1, 0.15) is 0 Å². The van der Waals surface area contributed by atoms with Crippen molar-refractivity contribution < 1.29 is 5.11 Å². The summed E-state index contributed by atoms with van der Waals surface area (Å²) < 4.78 is 0. The van der Waals surface area contributed by atoms with Crippen molar-refractivity contribution in [1.82, 2.24) is 10.3 Å². The van der Waals surface area contributed by atoms with Gasteiger partial charge in [-0.15, -0.1) is 0 Å². The topological polar surface area (TPSA) is 65.1 Å². The minimum absolute atomic E-state index is 0.0572. The van der Waals surface area contributed by atoms with Crippen LogP contribution in [-0.2, 0) is 6.54 Å². The summed E-state index contributed by atoms with van der Waals surface area (Å²) >= 11 is 0. The molecule has 18 heavy (non-hydrogen) atoms. The van der Waals surface area contributed by atoms with Crippen molar-refractivity contribution in [1.29, 1.82) is 0 Å². The van der Waals surface area contributed by atoms with E-state index in [9.17, 15) is 4.79 Å². The fourth-order valence-electron chi connectivity index (χ4n) is 1.86. The van der Waals surface area contributed by atoms with Gasteiger partial charge in [-0.25, -0.2) is 0 Å². The molecule has 4 nitrogen and oxygen atoms in total. The molecule has 2 aromatic rings. The molecule has 0 fully saturated rings. The molecule has 0 saturated heterocycles. The van der Waals surface area contributed by atoms with Gasteiger partial charge in [-0.2, -0.15) is 0 Å². The first-order chi connectivity index (χ1) is 8.66. The monoisotopic (exact) mass is 246 g/mol. The Morgan fingerprint density at radius 3 is 2.94 bits per heavy atom. The molecule has 0 amide bonds. The quantitative estimate of drug-likeness (QED) is 0.698. The molecular formula is C14H18N2O2.